The number of nitrogens with one attached hydrogen (secondary N) is 1. The highest BCUT2D eigenvalue weighted by Crippen LogP contribution is 2.31. The van der Waals surface area contributed by atoms with Gasteiger partial charge in [-0.05, 0) is 56.2 Å². The first-order valence-electron chi connectivity index (χ1n) is 7.15. The number of carbonyl (C=O) groups excluding carboxylic acids is 1. The van der Waals surface area contributed by atoms with Gasteiger partial charge in [0, 0.05) is 5.56 Å². The summed E-state index contributed by atoms with van der Waals surface area (Å²) in [6, 6.07) is 4.46. The molecule has 3 nitrogen and oxygen atoms in total. The van der Waals surface area contributed by atoms with Gasteiger partial charge >= 0.3 is 0 Å². The Bertz CT molecular complexity index is 493. The van der Waals surface area contributed by atoms with Gasteiger partial charge in [0.15, 0.2) is 0 Å². The van der Waals surface area contributed by atoms with E-state index in [2.05, 4.69) is 12.2 Å². The zero-order chi connectivity index (χ0) is 14.8. The Kier molecular flexibility index (Phi) is 4.43. The number of amides is 1. The third-order valence-electron chi connectivity index (χ3n) is 4.35. The van der Waals surface area contributed by atoms with Crippen molar-refractivity contribution in [1.82, 2.24) is 5.32 Å². The molecule has 0 radical (unpaired) electrons. The molecule has 110 valence electrons. The van der Waals surface area contributed by atoms with Crippen molar-refractivity contribution in [3.05, 3.63) is 35.1 Å². The maximum Gasteiger partial charge on any atom is 0.251 e. The Morgan fingerprint density at radius 2 is 2.10 bits per heavy atom. The van der Waals surface area contributed by atoms with Crippen molar-refractivity contribution in [2.45, 2.75) is 45.1 Å². The van der Waals surface area contributed by atoms with E-state index in [1.54, 1.807) is 19.1 Å². The smallest absolute Gasteiger partial charge is 0.251 e. The monoisotopic (exact) mass is 279 g/mol. The van der Waals surface area contributed by atoms with Crippen LogP contribution >= 0.6 is 0 Å². The van der Waals surface area contributed by atoms with Crippen molar-refractivity contribution in [2.24, 2.45) is 5.92 Å². The van der Waals surface area contributed by atoms with Crippen molar-refractivity contribution < 1.29 is 14.3 Å². The minimum Gasteiger partial charge on any atom is -0.394 e. The summed E-state index contributed by atoms with van der Waals surface area (Å²) in [4.78, 5) is 12.2. The molecule has 1 amide bonds. The number of carbonyl (C=O) groups is 1. The molecule has 0 heterocycles. The second kappa shape index (κ2) is 5.92. The molecule has 0 saturated heterocycles. The van der Waals surface area contributed by atoms with E-state index in [-0.39, 0.29) is 18.3 Å². The zero-order valence-electron chi connectivity index (χ0n) is 12.1. The van der Waals surface area contributed by atoms with Gasteiger partial charge < -0.3 is 10.4 Å². The van der Waals surface area contributed by atoms with Crippen molar-refractivity contribution >= 4 is 5.91 Å². The summed E-state index contributed by atoms with van der Waals surface area (Å²) in [6.07, 6.45) is 3.52. The largest absolute Gasteiger partial charge is 0.394 e. The molecule has 0 aromatic heterocycles. The van der Waals surface area contributed by atoms with Crippen molar-refractivity contribution in [1.29, 1.82) is 0 Å². The van der Waals surface area contributed by atoms with Crippen LogP contribution in [0.25, 0.3) is 0 Å². The Hall–Kier alpha value is -1.42. The number of aliphatic hydroxyl groups is 1. The van der Waals surface area contributed by atoms with E-state index in [4.69, 9.17) is 0 Å². The molecule has 0 unspecified atom stereocenters. The lowest BCUT2D eigenvalue weighted by atomic mass is 9.77. The molecular formula is C16H22FNO2. The number of rotatable bonds is 3. The van der Waals surface area contributed by atoms with E-state index in [0.29, 0.717) is 17.0 Å². The summed E-state index contributed by atoms with van der Waals surface area (Å²) in [6.45, 7) is 3.77. The molecule has 1 aromatic rings. The normalized spacial score (nSPS) is 26.3. The number of benzene rings is 1. The number of hydrogen-bond acceptors (Lipinski definition) is 2. The van der Waals surface area contributed by atoms with Crippen molar-refractivity contribution in [3.63, 3.8) is 0 Å². The Labute approximate surface area is 119 Å². The third kappa shape index (κ3) is 3.18. The van der Waals surface area contributed by atoms with E-state index >= 15 is 0 Å². The summed E-state index contributed by atoms with van der Waals surface area (Å²) in [5.74, 6) is -0.0659. The molecule has 20 heavy (non-hydrogen) atoms. The van der Waals surface area contributed by atoms with Gasteiger partial charge in [0.05, 0.1) is 12.1 Å². The first-order chi connectivity index (χ1) is 9.46. The standard InChI is InChI=1S/C16H22FNO2/c1-11-5-7-16(10-19,8-6-11)18-15(20)13-4-3-12(2)14(17)9-13/h3-4,9,11,19H,5-8,10H2,1-2H3,(H,18,20). The summed E-state index contributed by atoms with van der Waals surface area (Å²) < 4.78 is 13.5. The van der Waals surface area contributed by atoms with Gasteiger partial charge in [-0.1, -0.05) is 13.0 Å². The number of hydrogen-bond donors (Lipinski definition) is 2. The van der Waals surface area contributed by atoms with E-state index < -0.39 is 5.54 Å². The lowest BCUT2D eigenvalue weighted by Crippen LogP contribution is -2.53. The maximum absolute atomic E-state index is 13.5. The van der Waals surface area contributed by atoms with Crippen LogP contribution in [0.3, 0.4) is 0 Å². The van der Waals surface area contributed by atoms with Gasteiger partial charge in [-0.25, -0.2) is 4.39 Å². The van der Waals surface area contributed by atoms with Gasteiger partial charge in [0.1, 0.15) is 5.82 Å². The summed E-state index contributed by atoms with van der Waals surface area (Å²) in [5.41, 5.74) is 0.273. The van der Waals surface area contributed by atoms with Gasteiger partial charge in [-0.15, -0.1) is 0 Å². The topological polar surface area (TPSA) is 49.3 Å². The predicted octanol–water partition coefficient (Wildman–Crippen LogP) is 2.81. The summed E-state index contributed by atoms with van der Waals surface area (Å²) in [7, 11) is 0. The van der Waals surface area contributed by atoms with Crippen LogP contribution in [-0.2, 0) is 0 Å². The van der Waals surface area contributed by atoms with Crippen LogP contribution in [0.15, 0.2) is 18.2 Å². The highest BCUT2D eigenvalue weighted by molar-refractivity contribution is 5.94. The van der Waals surface area contributed by atoms with E-state index in [9.17, 15) is 14.3 Å². The fourth-order valence-corrected chi connectivity index (χ4v) is 2.68. The minimum atomic E-state index is -0.551. The van der Waals surface area contributed by atoms with Crippen molar-refractivity contribution in [2.75, 3.05) is 6.61 Å². The summed E-state index contributed by atoms with van der Waals surface area (Å²) >= 11 is 0. The van der Waals surface area contributed by atoms with E-state index in [1.165, 1.54) is 6.07 Å². The molecule has 2 rings (SSSR count). The first-order valence-corrected chi connectivity index (χ1v) is 7.15. The van der Waals surface area contributed by atoms with Crippen LogP contribution in [-0.4, -0.2) is 23.2 Å². The molecule has 1 aliphatic rings. The van der Waals surface area contributed by atoms with Gasteiger partial charge in [0.2, 0.25) is 0 Å². The van der Waals surface area contributed by atoms with Crippen LogP contribution in [0, 0.1) is 18.7 Å². The van der Waals surface area contributed by atoms with Crippen LogP contribution in [0.4, 0.5) is 4.39 Å². The molecule has 2 N–H and O–H groups in total. The molecule has 1 saturated carbocycles. The second-order valence-corrected chi connectivity index (χ2v) is 6.04. The number of aliphatic hydroxyl groups excluding tert-OH is 1. The SMILES string of the molecule is Cc1ccc(C(=O)NC2(CO)CCC(C)CC2)cc1F. The molecule has 4 heteroatoms. The fourth-order valence-electron chi connectivity index (χ4n) is 2.68. The third-order valence-corrected chi connectivity index (χ3v) is 4.35. The molecule has 1 fully saturated rings. The molecule has 0 bridgehead atoms. The molecule has 0 aliphatic heterocycles. The number of aryl methyl sites for hydroxylation is 1. The van der Waals surface area contributed by atoms with Crippen LogP contribution < -0.4 is 5.32 Å². The fraction of sp³-hybridized carbons (Fsp3) is 0.562. The molecule has 0 spiro atoms. The predicted molar refractivity (Wildman–Crippen MR) is 76.1 cm³/mol. The maximum atomic E-state index is 13.5. The van der Waals surface area contributed by atoms with E-state index in [0.717, 1.165) is 25.7 Å². The minimum absolute atomic E-state index is 0.0696. The second-order valence-electron chi connectivity index (χ2n) is 6.04. The molecule has 1 aromatic carbocycles. The van der Waals surface area contributed by atoms with Gasteiger partial charge in [-0.2, -0.15) is 0 Å². The summed E-state index contributed by atoms with van der Waals surface area (Å²) in [5, 5.41) is 12.5. The molecular weight excluding hydrogens is 257 g/mol. The van der Waals surface area contributed by atoms with Gasteiger partial charge in [0.25, 0.3) is 5.91 Å². The quantitative estimate of drug-likeness (QED) is 0.894. The zero-order valence-corrected chi connectivity index (χ0v) is 12.1. The molecule has 1 aliphatic carbocycles. The Morgan fingerprint density at radius 1 is 1.45 bits per heavy atom. The van der Waals surface area contributed by atoms with Crippen molar-refractivity contribution in [3.8, 4) is 0 Å². The average molecular weight is 279 g/mol. The molecule has 0 atom stereocenters. The van der Waals surface area contributed by atoms with E-state index in [1.807, 2.05) is 0 Å². The lowest BCUT2D eigenvalue weighted by molar-refractivity contribution is 0.0716. The van der Waals surface area contributed by atoms with Gasteiger partial charge in [-0.3, -0.25) is 4.79 Å². The number of halogens is 1. The van der Waals surface area contributed by atoms with Crippen LogP contribution in [0.2, 0.25) is 0 Å². The lowest BCUT2D eigenvalue weighted by Gasteiger charge is -2.38. The average Bonchev–Trinajstić information content (AvgIpc) is 2.44. The van der Waals surface area contributed by atoms with Crippen LogP contribution in [0.5, 0.6) is 0 Å². The first kappa shape index (κ1) is 15.0. The highest BCUT2D eigenvalue weighted by Gasteiger charge is 2.35. The Morgan fingerprint density at radius 3 is 2.65 bits per heavy atom. The Balaban J connectivity index is 2.11. The van der Waals surface area contributed by atoms with Crippen LogP contribution in [0.1, 0.15) is 48.5 Å². The highest BCUT2D eigenvalue weighted by atomic mass is 19.1.